The monoisotopic (exact) mass is 407 g/mol. The van der Waals surface area contributed by atoms with Gasteiger partial charge in [-0.2, -0.15) is 13.2 Å². The standard InChI is InChI=1S/C21H20F3NO4/c1-12(26)29-19-10-14-4-5-17(28-2)9-15(14)8-16-7-13(3-6-18(16)19)11-25-20(27)21(22,23)24/h3-7,9,19H,8,10-11H2,1-2H3,(H,25,27). The molecule has 3 rings (SSSR count). The van der Waals surface area contributed by atoms with Gasteiger partial charge in [-0.15, -0.1) is 0 Å². The molecule has 1 unspecified atom stereocenters. The molecule has 0 spiro atoms. The number of fused-ring (bicyclic) bond motifs is 2. The quantitative estimate of drug-likeness (QED) is 0.787. The Morgan fingerprint density at radius 2 is 1.86 bits per heavy atom. The van der Waals surface area contributed by atoms with E-state index in [1.807, 2.05) is 23.5 Å². The van der Waals surface area contributed by atoms with Crippen molar-refractivity contribution < 1.29 is 32.2 Å². The SMILES string of the molecule is COc1ccc2c(c1)Cc1cc(CNC(=O)C(F)(F)F)ccc1C(OC(C)=O)C2. The lowest BCUT2D eigenvalue weighted by molar-refractivity contribution is -0.173. The second kappa shape index (κ2) is 8.14. The fourth-order valence-corrected chi connectivity index (χ4v) is 3.43. The van der Waals surface area contributed by atoms with E-state index < -0.39 is 24.2 Å². The molecule has 2 aromatic rings. The number of nitrogens with one attached hydrogen (secondary N) is 1. The predicted octanol–water partition coefficient (Wildman–Crippen LogP) is 3.62. The highest BCUT2D eigenvalue weighted by molar-refractivity contribution is 5.81. The zero-order chi connectivity index (χ0) is 21.2. The van der Waals surface area contributed by atoms with Gasteiger partial charge in [-0.1, -0.05) is 24.3 Å². The lowest BCUT2D eigenvalue weighted by Crippen LogP contribution is -2.36. The molecule has 1 aliphatic carbocycles. The Balaban J connectivity index is 1.93. The molecule has 1 atom stereocenters. The van der Waals surface area contributed by atoms with Crippen molar-refractivity contribution in [2.24, 2.45) is 0 Å². The molecular formula is C21H20F3NO4. The van der Waals surface area contributed by atoms with E-state index in [0.29, 0.717) is 24.2 Å². The number of hydrogen-bond acceptors (Lipinski definition) is 4. The van der Waals surface area contributed by atoms with Gasteiger partial charge in [0.15, 0.2) is 0 Å². The molecule has 1 N–H and O–H groups in total. The van der Waals surface area contributed by atoms with Gasteiger partial charge in [0, 0.05) is 19.9 Å². The van der Waals surface area contributed by atoms with Gasteiger partial charge in [0.05, 0.1) is 7.11 Å². The first-order chi connectivity index (χ1) is 13.7. The van der Waals surface area contributed by atoms with E-state index in [1.54, 1.807) is 25.3 Å². The molecule has 1 amide bonds. The summed E-state index contributed by atoms with van der Waals surface area (Å²) in [6, 6.07) is 10.7. The van der Waals surface area contributed by atoms with Crippen molar-refractivity contribution in [3.63, 3.8) is 0 Å². The summed E-state index contributed by atoms with van der Waals surface area (Å²) >= 11 is 0. The number of hydrogen-bond donors (Lipinski definition) is 1. The zero-order valence-corrected chi connectivity index (χ0v) is 15.9. The summed E-state index contributed by atoms with van der Waals surface area (Å²) in [4.78, 5) is 22.7. The maximum absolute atomic E-state index is 12.4. The smallest absolute Gasteiger partial charge is 0.471 e. The van der Waals surface area contributed by atoms with Gasteiger partial charge in [0.2, 0.25) is 0 Å². The van der Waals surface area contributed by atoms with Crippen LogP contribution in [0.2, 0.25) is 0 Å². The van der Waals surface area contributed by atoms with Crippen molar-refractivity contribution in [3.05, 3.63) is 64.2 Å². The third kappa shape index (κ3) is 4.88. The summed E-state index contributed by atoms with van der Waals surface area (Å²) in [6.45, 7) is 1.08. The number of esters is 1. The van der Waals surface area contributed by atoms with E-state index in [9.17, 15) is 22.8 Å². The van der Waals surface area contributed by atoms with Gasteiger partial charge < -0.3 is 14.8 Å². The normalized spacial score (nSPS) is 15.6. The Hall–Kier alpha value is -3.03. The number of rotatable bonds is 4. The first kappa shape index (κ1) is 20.7. The summed E-state index contributed by atoms with van der Waals surface area (Å²) in [5.74, 6) is -1.72. The highest BCUT2D eigenvalue weighted by Gasteiger charge is 2.38. The van der Waals surface area contributed by atoms with Gasteiger partial charge in [0.1, 0.15) is 11.9 Å². The van der Waals surface area contributed by atoms with Crippen molar-refractivity contribution in [2.75, 3.05) is 7.11 Å². The average Bonchev–Trinajstić information content (AvgIpc) is 2.80. The molecule has 0 aliphatic heterocycles. The molecule has 29 heavy (non-hydrogen) atoms. The number of carbonyl (C=O) groups excluding carboxylic acids is 2. The second-order valence-corrected chi connectivity index (χ2v) is 6.83. The Morgan fingerprint density at radius 3 is 2.52 bits per heavy atom. The molecule has 0 saturated heterocycles. The molecule has 0 saturated carbocycles. The minimum atomic E-state index is -4.93. The highest BCUT2D eigenvalue weighted by atomic mass is 19.4. The Labute approximate surface area is 165 Å². The van der Waals surface area contributed by atoms with Crippen LogP contribution in [0, 0.1) is 0 Å². The van der Waals surface area contributed by atoms with Crippen LogP contribution >= 0.6 is 0 Å². The van der Waals surface area contributed by atoms with Crippen LogP contribution in [0.3, 0.4) is 0 Å². The van der Waals surface area contributed by atoms with E-state index >= 15 is 0 Å². The lowest BCUT2D eigenvalue weighted by atomic mass is 9.97. The van der Waals surface area contributed by atoms with Crippen LogP contribution < -0.4 is 10.1 Å². The van der Waals surface area contributed by atoms with Crippen molar-refractivity contribution in [2.45, 2.75) is 38.6 Å². The molecule has 8 heteroatoms. The van der Waals surface area contributed by atoms with Crippen molar-refractivity contribution in [1.29, 1.82) is 0 Å². The number of amides is 1. The fraction of sp³-hybridized carbons (Fsp3) is 0.333. The van der Waals surface area contributed by atoms with E-state index in [4.69, 9.17) is 9.47 Å². The fourth-order valence-electron chi connectivity index (χ4n) is 3.43. The lowest BCUT2D eigenvalue weighted by Gasteiger charge is -2.19. The Morgan fingerprint density at radius 1 is 1.10 bits per heavy atom. The molecule has 0 aromatic heterocycles. The van der Waals surface area contributed by atoms with Crippen LogP contribution in [0.1, 0.15) is 40.8 Å². The maximum atomic E-state index is 12.4. The number of carbonyl (C=O) groups is 2. The average molecular weight is 407 g/mol. The van der Waals surface area contributed by atoms with Crippen LogP contribution in [0.15, 0.2) is 36.4 Å². The van der Waals surface area contributed by atoms with Crippen LogP contribution in [0.25, 0.3) is 0 Å². The van der Waals surface area contributed by atoms with Crippen LogP contribution in [-0.4, -0.2) is 25.2 Å². The minimum Gasteiger partial charge on any atom is -0.497 e. The Bertz CT molecular complexity index is 940. The zero-order valence-electron chi connectivity index (χ0n) is 15.9. The molecule has 0 radical (unpaired) electrons. The summed E-state index contributed by atoms with van der Waals surface area (Å²) in [6.07, 6.45) is -4.45. The predicted molar refractivity (Wildman–Crippen MR) is 98.4 cm³/mol. The van der Waals surface area contributed by atoms with Crippen LogP contribution in [0.5, 0.6) is 5.75 Å². The van der Waals surface area contributed by atoms with E-state index in [2.05, 4.69) is 0 Å². The third-order valence-corrected chi connectivity index (χ3v) is 4.77. The number of alkyl halides is 3. The second-order valence-electron chi connectivity index (χ2n) is 6.83. The van der Waals surface area contributed by atoms with Gasteiger partial charge in [0.25, 0.3) is 0 Å². The molecule has 2 aromatic carbocycles. The summed E-state index contributed by atoms with van der Waals surface area (Å²) in [7, 11) is 1.56. The number of halogens is 3. The number of methoxy groups -OCH3 is 1. The number of benzene rings is 2. The third-order valence-electron chi connectivity index (χ3n) is 4.77. The first-order valence-corrected chi connectivity index (χ1v) is 8.97. The molecule has 0 heterocycles. The molecule has 0 bridgehead atoms. The summed E-state index contributed by atoms with van der Waals surface area (Å²) in [5, 5.41) is 1.87. The van der Waals surface area contributed by atoms with Crippen LogP contribution in [-0.2, 0) is 33.7 Å². The first-order valence-electron chi connectivity index (χ1n) is 8.97. The van der Waals surface area contributed by atoms with E-state index in [0.717, 1.165) is 22.3 Å². The van der Waals surface area contributed by atoms with Crippen molar-refractivity contribution >= 4 is 11.9 Å². The maximum Gasteiger partial charge on any atom is 0.471 e. The molecular weight excluding hydrogens is 387 g/mol. The van der Waals surface area contributed by atoms with Gasteiger partial charge in [-0.25, -0.2) is 0 Å². The van der Waals surface area contributed by atoms with Crippen molar-refractivity contribution in [1.82, 2.24) is 5.32 Å². The molecule has 0 fully saturated rings. The van der Waals surface area contributed by atoms with Gasteiger partial charge in [-0.05, 0) is 46.4 Å². The molecule has 1 aliphatic rings. The van der Waals surface area contributed by atoms with E-state index in [-0.39, 0.29) is 6.54 Å². The minimum absolute atomic E-state index is 0.255. The van der Waals surface area contributed by atoms with Gasteiger partial charge >= 0.3 is 18.1 Å². The summed E-state index contributed by atoms with van der Waals surface area (Å²) < 4.78 is 48.0. The largest absolute Gasteiger partial charge is 0.497 e. The molecule has 5 nitrogen and oxygen atoms in total. The van der Waals surface area contributed by atoms with Gasteiger partial charge in [-0.3, -0.25) is 9.59 Å². The van der Waals surface area contributed by atoms with E-state index in [1.165, 1.54) is 6.92 Å². The summed E-state index contributed by atoms with van der Waals surface area (Å²) in [5.41, 5.74) is 4.12. The topological polar surface area (TPSA) is 64.6 Å². The van der Waals surface area contributed by atoms with Crippen LogP contribution in [0.4, 0.5) is 13.2 Å². The highest BCUT2D eigenvalue weighted by Crippen LogP contribution is 2.35. The molecule has 154 valence electrons. The van der Waals surface area contributed by atoms with Crippen molar-refractivity contribution in [3.8, 4) is 5.75 Å². The Kier molecular flexibility index (Phi) is 5.81. The number of ether oxygens (including phenoxy) is 2.